The molecule has 0 aliphatic carbocycles. The van der Waals surface area contributed by atoms with Crippen molar-refractivity contribution in [3.05, 3.63) is 16.0 Å². The van der Waals surface area contributed by atoms with Crippen LogP contribution in [-0.4, -0.2) is 31.1 Å². The molecule has 1 rings (SSSR count). The number of esters is 2. The molecule has 7 heteroatoms. The number of thiophene rings is 1. The molecule has 22 heavy (non-hydrogen) atoms. The van der Waals surface area contributed by atoms with E-state index < -0.39 is 18.5 Å². The molecule has 0 radical (unpaired) electrons. The number of hydrogen-bond acceptors (Lipinski definition) is 6. The third-order valence-corrected chi connectivity index (χ3v) is 4.08. The van der Waals surface area contributed by atoms with Gasteiger partial charge >= 0.3 is 11.9 Å². The van der Waals surface area contributed by atoms with Gasteiger partial charge in [-0.1, -0.05) is 13.3 Å². The van der Waals surface area contributed by atoms with E-state index in [9.17, 15) is 14.4 Å². The van der Waals surface area contributed by atoms with Crippen LogP contribution in [0.2, 0.25) is 0 Å². The summed E-state index contributed by atoms with van der Waals surface area (Å²) in [5.74, 6) is -1.49. The molecule has 0 bridgehead atoms. The van der Waals surface area contributed by atoms with Gasteiger partial charge in [0, 0.05) is 11.8 Å². The predicted octanol–water partition coefficient (Wildman–Crippen LogP) is 2.82. The van der Waals surface area contributed by atoms with Crippen LogP contribution in [0, 0.1) is 13.8 Å². The number of hydrogen-bond donors (Lipinski definition) is 1. The van der Waals surface area contributed by atoms with Crippen molar-refractivity contribution in [2.45, 2.75) is 40.5 Å². The van der Waals surface area contributed by atoms with Crippen LogP contribution < -0.4 is 5.32 Å². The highest BCUT2D eigenvalue weighted by Crippen LogP contribution is 2.32. The molecule has 1 aromatic heterocycles. The van der Waals surface area contributed by atoms with Crippen LogP contribution in [0.5, 0.6) is 0 Å². The molecule has 6 nitrogen and oxygen atoms in total. The number of anilines is 1. The Morgan fingerprint density at radius 2 is 1.86 bits per heavy atom. The summed E-state index contributed by atoms with van der Waals surface area (Å²) in [5.41, 5.74) is 1.03. The number of aryl methyl sites for hydroxylation is 1. The number of rotatable bonds is 7. The molecule has 1 heterocycles. The second-order valence-electron chi connectivity index (χ2n) is 4.82. The van der Waals surface area contributed by atoms with Gasteiger partial charge in [0.2, 0.25) is 5.91 Å². The molecule has 1 N–H and O–H groups in total. The highest BCUT2D eigenvalue weighted by atomic mass is 32.1. The lowest BCUT2D eigenvalue weighted by molar-refractivity contribution is -0.147. The van der Waals surface area contributed by atoms with Gasteiger partial charge in [-0.15, -0.1) is 11.3 Å². The summed E-state index contributed by atoms with van der Waals surface area (Å²) in [5, 5.41) is 3.04. The zero-order chi connectivity index (χ0) is 16.7. The van der Waals surface area contributed by atoms with Gasteiger partial charge in [-0.05, 0) is 25.8 Å². The number of amides is 1. The third kappa shape index (κ3) is 5.14. The van der Waals surface area contributed by atoms with E-state index in [0.717, 1.165) is 23.3 Å². The summed E-state index contributed by atoms with van der Waals surface area (Å²) in [4.78, 5) is 35.7. The average Bonchev–Trinajstić information content (AvgIpc) is 2.70. The minimum Gasteiger partial charge on any atom is -0.463 e. The molecular weight excluding hydrogens is 306 g/mol. The molecule has 0 saturated heterocycles. The van der Waals surface area contributed by atoms with Gasteiger partial charge in [-0.3, -0.25) is 4.79 Å². The van der Waals surface area contributed by atoms with Crippen molar-refractivity contribution < 1.29 is 23.9 Å². The first-order valence-electron chi connectivity index (χ1n) is 7.07. The fraction of sp³-hybridized carbons (Fsp3) is 0.533. The number of carbonyl (C=O) groups excluding carboxylic acids is 3. The van der Waals surface area contributed by atoms with E-state index in [0.29, 0.717) is 17.2 Å². The Morgan fingerprint density at radius 3 is 2.45 bits per heavy atom. The van der Waals surface area contributed by atoms with E-state index in [1.165, 1.54) is 18.3 Å². The Balaban J connectivity index is 2.69. The van der Waals surface area contributed by atoms with E-state index in [1.807, 2.05) is 13.8 Å². The normalized spacial score (nSPS) is 10.2. The van der Waals surface area contributed by atoms with E-state index in [4.69, 9.17) is 9.47 Å². The van der Waals surface area contributed by atoms with Gasteiger partial charge in [0.15, 0.2) is 6.61 Å². The number of unbranched alkanes of at least 4 members (excludes halogenated alkanes) is 1. The van der Waals surface area contributed by atoms with E-state index in [2.05, 4.69) is 5.32 Å². The van der Waals surface area contributed by atoms with Crippen LogP contribution in [0.1, 0.15) is 47.5 Å². The lowest BCUT2D eigenvalue weighted by atomic mass is 10.1. The average molecular weight is 327 g/mol. The van der Waals surface area contributed by atoms with Crippen LogP contribution in [0.15, 0.2) is 0 Å². The second-order valence-corrected chi connectivity index (χ2v) is 6.04. The molecule has 0 spiro atoms. The summed E-state index contributed by atoms with van der Waals surface area (Å²) in [6, 6.07) is 0. The zero-order valence-corrected chi connectivity index (χ0v) is 14.1. The van der Waals surface area contributed by atoms with Crippen molar-refractivity contribution in [3.63, 3.8) is 0 Å². The molecule has 1 aromatic rings. The Kier molecular flexibility index (Phi) is 7.04. The van der Waals surface area contributed by atoms with E-state index in [-0.39, 0.29) is 5.91 Å². The van der Waals surface area contributed by atoms with Gasteiger partial charge in [-0.2, -0.15) is 0 Å². The quantitative estimate of drug-likeness (QED) is 0.615. The number of nitrogens with one attached hydrogen (secondary N) is 1. The van der Waals surface area contributed by atoms with E-state index >= 15 is 0 Å². The Hall–Kier alpha value is -1.89. The molecular formula is C15H21NO5S. The fourth-order valence-corrected chi connectivity index (χ4v) is 2.78. The predicted molar refractivity (Wildman–Crippen MR) is 84.2 cm³/mol. The molecule has 0 aliphatic rings. The van der Waals surface area contributed by atoms with Gasteiger partial charge in [0.05, 0.1) is 12.2 Å². The first-order chi connectivity index (χ1) is 10.4. The highest BCUT2D eigenvalue weighted by molar-refractivity contribution is 7.16. The standard InChI is InChI=1S/C15H21NO5S/c1-5-6-7-20-12(18)8-21-15(19)13-9(2)10(3)22-14(13)16-11(4)17/h5-8H2,1-4H3,(H,16,17). The molecule has 122 valence electrons. The topological polar surface area (TPSA) is 81.7 Å². The monoisotopic (exact) mass is 327 g/mol. The largest absolute Gasteiger partial charge is 0.463 e. The molecule has 1 amide bonds. The van der Waals surface area contributed by atoms with Crippen LogP contribution in [-0.2, 0) is 19.1 Å². The summed E-state index contributed by atoms with van der Waals surface area (Å²) >= 11 is 1.30. The van der Waals surface area contributed by atoms with Crippen LogP contribution >= 0.6 is 11.3 Å². The Bertz CT molecular complexity index is 565. The Labute approximate surface area is 133 Å². The number of carbonyl (C=O) groups is 3. The lowest BCUT2D eigenvalue weighted by Gasteiger charge is -2.07. The van der Waals surface area contributed by atoms with Crippen LogP contribution in [0.3, 0.4) is 0 Å². The van der Waals surface area contributed by atoms with Gasteiger partial charge in [0.25, 0.3) is 0 Å². The summed E-state index contributed by atoms with van der Waals surface area (Å²) in [7, 11) is 0. The minimum atomic E-state index is -0.641. The van der Waals surface area contributed by atoms with Crippen LogP contribution in [0.4, 0.5) is 5.00 Å². The van der Waals surface area contributed by atoms with Gasteiger partial charge in [-0.25, -0.2) is 9.59 Å². The van der Waals surface area contributed by atoms with Crippen molar-refractivity contribution >= 4 is 34.2 Å². The first-order valence-corrected chi connectivity index (χ1v) is 7.88. The SMILES string of the molecule is CCCCOC(=O)COC(=O)c1c(NC(C)=O)sc(C)c1C. The van der Waals surface area contributed by atoms with Gasteiger partial charge in [0.1, 0.15) is 5.00 Å². The lowest BCUT2D eigenvalue weighted by Crippen LogP contribution is -2.18. The van der Waals surface area contributed by atoms with E-state index in [1.54, 1.807) is 6.92 Å². The molecule has 0 fully saturated rings. The van der Waals surface area contributed by atoms with Crippen molar-refractivity contribution in [2.75, 3.05) is 18.5 Å². The molecule has 0 aromatic carbocycles. The number of ether oxygens (including phenoxy) is 2. The van der Waals surface area contributed by atoms with Crippen molar-refractivity contribution in [1.82, 2.24) is 0 Å². The molecule has 0 unspecified atom stereocenters. The summed E-state index contributed by atoms with van der Waals surface area (Å²) < 4.78 is 9.89. The van der Waals surface area contributed by atoms with Crippen molar-refractivity contribution in [2.24, 2.45) is 0 Å². The van der Waals surface area contributed by atoms with Crippen molar-refractivity contribution in [1.29, 1.82) is 0 Å². The summed E-state index contributed by atoms with van der Waals surface area (Å²) in [6.45, 7) is 6.86. The second kappa shape index (κ2) is 8.53. The summed E-state index contributed by atoms with van der Waals surface area (Å²) in [6.07, 6.45) is 1.69. The maximum atomic E-state index is 12.1. The third-order valence-electron chi connectivity index (χ3n) is 2.96. The zero-order valence-electron chi connectivity index (χ0n) is 13.3. The molecule has 0 aliphatic heterocycles. The van der Waals surface area contributed by atoms with Crippen LogP contribution in [0.25, 0.3) is 0 Å². The molecule has 0 saturated carbocycles. The maximum absolute atomic E-state index is 12.1. The molecule has 0 atom stereocenters. The minimum absolute atomic E-state index is 0.269. The first kappa shape index (κ1) is 18.2. The highest BCUT2D eigenvalue weighted by Gasteiger charge is 2.22. The van der Waals surface area contributed by atoms with Crippen molar-refractivity contribution in [3.8, 4) is 0 Å². The fourth-order valence-electron chi connectivity index (χ4n) is 1.69. The smallest absolute Gasteiger partial charge is 0.344 e. The Morgan fingerprint density at radius 1 is 1.18 bits per heavy atom. The van der Waals surface area contributed by atoms with Gasteiger partial charge < -0.3 is 14.8 Å². The maximum Gasteiger partial charge on any atom is 0.344 e.